The Morgan fingerprint density at radius 3 is 2.29 bits per heavy atom. The zero-order chi connectivity index (χ0) is 15.7. The molecule has 2 rings (SSSR count). The molecule has 0 heterocycles. The highest BCUT2D eigenvalue weighted by Gasteiger charge is 2.34. The van der Waals surface area contributed by atoms with Crippen LogP contribution in [0.5, 0.6) is 0 Å². The van der Waals surface area contributed by atoms with Gasteiger partial charge in [-0.2, -0.15) is 13.2 Å². The average molecular weight is 321 g/mol. The van der Waals surface area contributed by atoms with Gasteiger partial charge in [0.2, 0.25) is 0 Å². The lowest BCUT2D eigenvalue weighted by molar-refractivity contribution is -0.137. The molecule has 3 nitrogen and oxygen atoms in total. The van der Waals surface area contributed by atoms with Gasteiger partial charge in [0.15, 0.2) is 9.84 Å². The summed E-state index contributed by atoms with van der Waals surface area (Å²) < 4.78 is 62.5. The van der Waals surface area contributed by atoms with Crippen LogP contribution in [0.3, 0.4) is 0 Å². The molecular weight excluding hydrogens is 303 g/mol. The van der Waals surface area contributed by atoms with Crippen LogP contribution in [0, 0.1) is 0 Å². The van der Waals surface area contributed by atoms with Gasteiger partial charge in [0.1, 0.15) is 0 Å². The van der Waals surface area contributed by atoms with Crippen molar-refractivity contribution < 1.29 is 21.6 Å². The zero-order valence-corrected chi connectivity index (χ0v) is 12.5. The summed E-state index contributed by atoms with van der Waals surface area (Å²) in [4.78, 5) is -0.0303. The molecule has 7 heteroatoms. The maximum atomic E-state index is 12.5. The van der Waals surface area contributed by atoms with Gasteiger partial charge in [-0.25, -0.2) is 8.42 Å². The fourth-order valence-electron chi connectivity index (χ4n) is 2.72. The molecule has 21 heavy (non-hydrogen) atoms. The van der Waals surface area contributed by atoms with Crippen LogP contribution in [-0.4, -0.2) is 26.8 Å². The van der Waals surface area contributed by atoms with Gasteiger partial charge in [0.25, 0.3) is 0 Å². The van der Waals surface area contributed by atoms with Gasteiger partial charge in [-0.1, -0.05) is 6.42 Å². The zero-order valence-electron chi connectivity index (χ0n) is 11.7. The summed E-state index contributed by atoms with van der Waals surface area (Å²) in [6.45, 7) is 0. The Bertz CT molecular complexity index is 581. The van der Waals surface area contributed by atoms with Crippen LogP contribution in [0.1, 0.15) is 31.2 Å². The molecule has 0 spiro atoms. The Labute approximate surface area is 122 Å². The molecule has 0 saturated heterocycles. The first-order chi connectivity index (χ1) is 9.75. The van der Waals surface area contributed by atoms with Crippen LogP contribution in [-0.2, 0) is 16.0 Å². The Kier molecular flexibility index (Phi) is 4.63. The van der Waals surface area contributed by atoms with Crippen molar-refractivity contribution in [2.45, 2.75) is 48.0 Å². The molecule has 0 radical (unpaired) electrons. The maximum absolute atomic E-state index is 12.5. The molecule has 2 unspecified atom stereocenters. The number of nitrogens with one attached hydrogen (secondary N) is 1. The first kappa shape index (κ1) is 16.3. The number of halogens is 3. The highest BCUT2D eigenvalue weighted by Crippen LogP contribution is 2.32. The molecule has 1 N–H and O–H groups in total. The van der Waals surface area contributed by atoms with Gasteiger partial charge in [0, 0.05) is 6.04 Å². The molecular formula is C14H18F3NO2S. The van der Waals surface area contributed by atoms with Crippen molar-refractivity contribution in [2.75, 3.05) is 7.05 Å². The van der Waals surface area contributed by atoms with Gasteiger partial charge in [-0.05, 0) is 50.6 Å². The van der Waals surface area contributed by atoms with E-state index in [1.165, 1.54) is 0 Å². The van der Waals surface area contributed by atoms with E-state index in [-0.39, 0.29) is 10.9 Å². The second kappa shape index (κ2) is 5.96. The molecule has 1 aliphatic rings. The minimum absolute atomic E-state index is 0.0303. The van der Waals surface area contributed by atoms with Crippen LogP contribution in [0.25, 0.3) is 0 Å². The molecule has 1 aromatic rings. The molecule has 118 valence electrons. The summed E-state index contributed by atoms with van der Waals surface area (Å²) in [6.07, 6.45) is -1.67. The lowest BCUT2D eigenvalue weighted by atomic mass is 9.95. The van der Waals surface area contributed by atoms with E-state index in [0.29, 0.717) is 12.8 Å². The van der Waals surface area contributed by atoms with Crippen molar-refractivity contribution in [3.8, 4) is 0 Å². The van der Waals surface area contributed by atoms with E-state index in [9.17, 15) is 21.6 Å². The van der Waals surface area contributed by atoms with Crippen molar-refractivity contribution in [3.63, 3.8) is 0 Å². The Balaban J connectivity index is 2.23. The van der Waals surface area contributed by atoms with E-state index < -0.39 is 26.8 Å². The van der Waals surface area contributed by atoms with Crippen molar-refractivity contribution >= 4 is 9.84 Å². The highest BCUT2D eigenvalue weighted by molar-refractivity contribution is 7.92. The first-order valence-electron chi connectivity index (χ1n) is 6.83. The predicted octanol–water partition coefficient (Wildman–Crippen LogP) is 3.01. The molecule has 0 aromatic heterocycles. The number of rotatable bonds is 3. The number of hydrogen-bond acceptors (Lipinski definition) is 3. The summed E-state index contributed by atoms with van der Waals surface area (Å²) in [6, 6.07) is 3.91. The van der Waals surface area contributed by atoms with Crippen molar-refractivity contribution in [1.29, 1.82) is 0 Å². The molecule has 1 aromatic carbocycles. The lowest BCUT2D eigenvalue weighted by Gasteiger charge is -2.28. The van der Waals surface area contributed by atoms with E-state index in [0.717, 1.165) is 37.1 Å². The number of hydrogen-bond donors (Lipinski definition) is 1. The Morgan fingerprint density at radius 1 is 1.14 bits per heavy atom. The Hall–Kier alpha value is -1.08. The summed E-state index contributed by atoms with van der Waals surface area (Å²) in [7, 11) is -1.79. The highest BCUT2D eigenvalue weighted by atomic mass is 32.2. The van der Waals surface area contributed by atoms with Crippen LogP contribution in [0.15, 0.2) is 29.2 Å². The summed E-state index contributed by atoms with van der Waals surface area (Å²) in [5.74, 6) is 0. The topological polar surface area (TPSA) is 46.2 Å². The minimum atomic E-state index is -4.45. The third-order valence-electron chi connectivity index (χ3n) is 3.98. The molecule has 0 aliphatic heterocycles. The van der Waals surface area contributed by atoms with Crippen molar-refractivity contribution in [1.82, 2.24) is 5.32 Å². The second-order valence-electron chi connectivity index (χ2n) is 5.34. The van der Waals surface area contributed by atoms with Crippen LogP contribution < -0.4 is 5.32 Å². The standard InChI is InChI=1S/C14H18F3NO2S/c1-18-11-3-2-4-13(9-11)21(19,20)12-7-5-10(6-8-12)14(15,16)17/h5-8,11,13,18H,2-4,9H2,1H3. The maximum Gasteiger partial charge on any atom is 0.416 e. The predicted molar refractivity (Wildman–Crippen MR) is 73.7 cm³/mol. The largest absolute Gasteiger partial charge is 0.416 e. The summed E-state index contributed by atoms with van der Waals surface area (Å²) in [5, 5.41) is 2.55. The van der Waals surface area contributed by atoms with E-state index in [4.69, 9.17) is 0 Å². The lowest BCUT2D eigenvalue weighted by Crippen LogP contribution is -2.37. The monoisotopic (exact) mass is 321 g/mol. The number of benzene rings is 1. The third kappa shape index (κ3) is 3.58. The fourth-order valence-corrected chi connectivity index (χ4v) is 4.58. The third-order valence-corrected chi connectivity index (χ3v) is 6.22. The smallest absolute Gasteiger partial charge is 0.317 e. The fraction of sp³-hybridized carbons (Fsp3) is 0.571. The quantitative estimate of drug-likeness (QED) is 0.931. The second-order valence-corrected chi connectivity index (χ2v) is 7.57. The van der Waals surface area contributed by atoms with Crippen LogP contribution in [0.4, 0.5) is 13.2 Å². The molecule has 1 saturated carbocycles. The molecule has 0 amide bonds. The van der Waals surface area contributed by atoms with Crippen molar-refractivity contribution in [3.05, 3.63) is 29.8 Å². The number of sulfone groups is 1. The van der Waals surface area contributed by atoms with E-state index in [2.05, 4.69) is 5.32 Å². The van der Waals surface area contributed by atoms with Gasteiger partial charge >= 0.3 is 6.18 Å². The van der Waals surface area contributed by atoms with Crippen LogP contribution >= 0.6 is 0 Å². The average Bonchev–Trinajstić information content (AvgIpc) is 2.46. The molecule has 1 fully saturated rings. The summed E-state index contributed by atoms with van der Waals surface area (Å²) in [5.41, 5.74) is -0.835. The molecule has 0 bridgehead atoms. The van der Waals surface area contributed by atoms with E-state index in [1.807, 2.05) is 0 Å². The SMILES string of the molecule is CNC1CCCC(S(=O)(=O)c2ccc(C(F)(F)F)cc2)C1. The normalized spacial score (nSPS) is 24.0. The Morgan fingerprint density at radius 2 is 1.76 bits per heavy atom. The van der Waals surface area contributed by atoms with Crippen molar-refractivity contribution in [2.24, 2.45) is 0 Å². The van der Waals surface area contributed by atoms with Crippen LogP contribution in [0.2, 0.25) is 0 Å². The van der Waals surface area contributed by atoms with E-state index in [1.54, 1.807) is 7.05 Å². The van der Waals surface area contributed by atoms with Gasteiger partial charge in [-0.3, -0.25) is 0 Å². The van der Waals surface area contributed by atoms with E-state index >= 15 is 0 Å². The van der Waals surface area contributed by atoms with Gasteiger partial charge in [-0.15, -0.1) is 0 Å². The van der Waals surface area contributed by atoms with Gasteiger partial charge < -0.3 is 5.32 Å². The minimum Gasteiger partial charge on any atom is -0.317 e. The number of alkyl halides is 3. The first-order valence-corrected chi connectivity index (χ1v) is 8.38. The molecule has 1 aliphatic carbocycles. The van der Waals surface area contributed by atoms with Gasteiger partial charge in [0.05, 0.1) is 15.7 Å². The summed E-state index contributed by atoms with van der Waals surface area (Å²) >= 11 is 0. The molecule has 2 atom stereocenters.